The number of rotatable bonds is 4. The maximum atomic E-state index is 13.5. The molecule has 0 saturated heterocycles. The molecule has 1 N–H and O–H groups in total. The Morgan fingerprint density at radius 1 is 1.21 bits per heavy atom. The van der Waals surface area contributed by atoms with E-state index in [1.165, 1.54) is 6.07 Å². The number of amides is 1. The molecule has 3 rings (SSSR count). The summed E-state index contributed by atoms with van der Waals surface area (Å²) in [7, 11) is 0. The second kappa shape index (κ2) is 6.84. The van der Waals surface area contributed by atoms with Crippen LogP contribution in [0.5, 0.6) is 0 Å². The maximum absolute atomic E-state index is 13.5. The summed E-state index contributed by atoms with van der Waals surface area (Å²) >= 11 is 5.85. The van der Waals surface area contributed by atoms with Gasteiger partial charge in [-0.05, 0) is 48.9 Å². The van der Waals surface area contributed by atoms with Crippen LogP contribution < -0.4 is 5.32 Å². The molecule has 0 aliphatic rings. The van der Waals surface area contributed by atoms with Gasteiger partial charge < -0.3 is 9.84 Å². The van der Waals surface area contributed by atoms with Crippen molar-refractivity contribution in [2.75, 3.05) is 5.32 Å². The van der Waals surface area contributed by atoms with Gasteiger partial charge in [-0.25, -0.2) is 4.39 Å². The zero-order chi connectivity index (χ0) is 17.1. The molecule has 0 bridgehead atoms. The molecule has 0 saturated carbocycles. The van der Waals surface area contributed by atoms with Gasteiger partial charge in [0.2, 0.25) is 5.91 Å². The van der Waals surface area contributed by atoms with Gasteiger partial charge in [0, 0.05) is 22.3 Å². The molecule has 1 aromatic heterocycles. The van der Waals surface area contributed by atoms with Crippen molar-refractivity contribution in [1.82, 2.24) is 5.16 Å². The molecule has 4 nitrogen and oxygen atoms in total. The molecule has 0 radical (unpaired) electrons. The Morgan fingerprint density at radius 3 is 2.67 bits per heavy atom. The summed E-state index contributed by atoms with van der Waals surface area (Å²) in [6, 6.07) is 13.4. The molecule has 0 unspecified atom stereocenters. The molecule has 3 aromatic rings. The maximum Gasteiger partial charge on any atom is 0.230 e. The monoisotopic (exact) mass is 344 g/mol. The SMILES string of the molecule is Cc1ccc(NC(=O)Cc2cc(-c3ccc(Cl)cc3)on2)cc1F. The zero-order valence-corrected chi connectivity index (χ0v) is 13.6. The second-order valence-corrected chi connectivity index (χ2v) is 5.81. The van der Waals surface area contributed by atoms with Crippen LogP contribution in [0.4, 0.5) is 10.1 Å². The van der Waals surface area contributed by atoms with E-state index >= 15 is 0 Å². The van der Waals surface area contributed by atoms with Gasteiger partial charge in [-0.2, -0.15) is 0 Å². The highest BCUT2D eigenvalue weighted by atomic mass is 35.5. The summed E-state index contributed by atoms with van der Waals surface area (Å²) in [6.07, 6.45) is 0.0343. The van der Waals surface area contributed by atoms with Crippen molar-refractivity contribution >= 4 is 23.2 Å². The second-order valence-electron chi connectivity index (χ2n) is 5.38. The van der Waals surface area contributed by atoms with E-state index in [2.05, 4.69) is 10.5 Å². The molecule has 0 fully saturated rings. The number of anilines is 1. The summed E-state index contributed by atoms with van der Waals surface area (Å²) in [6.45, 7) is 1.66. The summed E-state index contributed by atoms with van der Waals surface area (Å²) in [5.41, 5.74) is 2.24. The number of nitrogens with zero attached hydrogens (tertiary/aromatic N) is 1. The predicted octanol–water partition coefficient (Wildman–Crippen LogP) is 4.62. The minimum atomic E-state index is -0.362. The highest BCUT2D eigenvalue weighted by molar-refractivity contribution is 6.30. The fourth-order valence-electron chi connectivity index (χ4n) is 2.19. The number of hydrogen-bond donors (Lipinski definition) is 1. The third-order valence-electron chi connectivity index (χ3n) is 3.48. The number of carbonyl (C=O) groups excluding carboxylic acids is 1. The van der Waals surface area contributed by atoms with Crippen LogP contribution in [0.2, 0.25) is 5.02 Å². The van der Waals surface area contributed by atoms with E-state index in [-0.39, 0.29) is 18.1 Å². The van der Waals surface area contributed by atoms with Gasteiger partial charge in [-0.3, -0.25) is 4.79 Å². The Bertz CT molecular complexity index is 875. The Kier molecular flexibility index (Phi) is 4.62. The first-order valence-electron chi connectivity index (χ1n) is 7.29. The zero-order valence-electron chi connectivity index (χ0n) is 12.8. The van der Waals surface area contributed by atoms with Crippen LogP contribution in [0.15, 0.2) is 53.1 Å². The van der Waals surface area contributed by atoms with Crippen LogP contribution in [0.1, 0.15) is 11.3 Å². The number of benzene rings is 2. The molecule has 6 heteroatoms. The van der Waals surface area contributed by atoms with Crippen LogP contribution in [0.3, 0.4) is 0 Å². The van der Waals surface area contributed by atoms with Gasteiger partial charge in [0.1, 0.15) is 5.82 Å². The Hall–Kier alpha value is -2.66. The lowest BCUT2D eigenvalue weighted by Gasteiger charge is -2.05. The van der Waals surface area contributed by atoms with Crippen LogP contribution in [-0.2, 0) is 11.2 Å². The van der Waals surface area contributed by atoms with E-state index in [1.54, 1.807) is 37.3 Å². The molecule has 24 heavy (non-hydrogen) atoms. The van der Waals surface area contributed by atoms with E-state index in [1.807, 2.05) is 12.1 Å². The van der Waals surface area contributed by atoms with Crippen LogP contribution in [0, 0.1) is 12.7 Å². The van der Waals surface area contributed by atoms with Gasteiger partial charge in [0.05, 0.1) is 12.1 Å². The lowest BCUT2D eigenvalue weighted by Crippen LogP contribution is -2.14. The van der Waals surface area contributed by atoms with Crippen molar-refractivity contribution in [3.05, 3.63) is 70.6 Å². The molecular formula is C18H14ClFN2O2. The minimum absolute atomic E-state index is 0.0343. The third kappa shape index (κ3) is 3.81. The molecule has 0 atom stereocenters. The molecular weight excluding hydrogens is 331 g/mol. The Morgan fingerprint density at radius 2 is 1.96 bits per heavy atom. The summed E-state index contributed by atoms with van der Waals surface area (Å²) in [5, 5.41) is 7.15. The first-order chi connectivity index (χ1) is 11.5. The smallest absolute Gasteiger partial charge is 0.230 e. The number of aromatic nitrogens is 1. The van der Waals surface area contributed by atoms with Gasteiger partial charge in [-0.15, -0.1) is 0 Å². The minimum Gasteiger partial charge on any atom is -0.356 e. The number of carbonyl (C=O) groups is 1. The van der Waals surface area contributed by atoms with Crippen molar-refractivity contribution in [2.45, 2.75) is 13.3 Å². The third-order valence-corrected chi connectivity index (χ3v) is 3.74. The Balaban J connectivity index is 1.66. The molecule has 0 aliphatic carbocycles. The number of nitrogens with one attached hydrogen (secondary N) is 1. The summed E-state index contributed by atoms with van der Waals surface area (Å²) in [5.74, 6) is -0.107. The number of aryl methyl sites for hydroxylation is 1. The van der Waals surface area contributed by atoms with Crippen LogP contribution >= 0.6 is 11.6 Å². The first-order valence-corrected chi connectivity index (χ1v) is 7.66. The predicted molar refractivity (Wildman–Crippen MR) is 90.4 cm³/mol. The molecule has 0 spiro atoms. The largest absolute Gasteiger partial charge is 0.356 e. The number of hydrogen-bond acceptors (Lipinski definition) is 3. The van der Waals surface area contributed by atoms with Crippen LogP contribution in [-0.4, -0.2) is 11.1 Å². The summed E-state index contributed by atoms with van der Waals surface area (Å²) in [4.78, 5) is 12.0. The van der Waals surface area contributed by atoms with Crippen molar-refractivity contribution < 1.29 is 13.7 Å². The summed E-state index contributed by atoms with van der Waals surface area (Å²) < 4.78 is 18.7. The number of halogens is 2. The lowest BCUT2D eigenvalue weighted by atomic mass is 10.1. The molecule has 1 amide bonds. The molecule has 122 valence electrons. The lowest BCUT2D eigenvalue weighted by molar-refractivity contribution is -0.115. The average Bonchev–Trinajstić information content (AvgIpc) is 3.00. The van der Waals surface area contributed by atoms with E-state index in [0.29, 0.717) is 27.7 Å². The van der Waals surface area contributed by atoms with E-state index < -0.39 is 0 Å². The fraction of sp³-hybridized carbons (Fsp3) is 0.111. The van der Waals surface area contributed by atoms with Gasteiger partial charge in [0.15, 0.2) is 5.76 Å². The van der Waals surface area contributed by atoms with Gasteiger partial charge >= 0.3 is 0 Å². The van der Waals surface area contributed by atoms with Crippen molar-refractivity contribution in [1.29, 1.82) is 0 Å². The van der Waals surface area contributed by atoms with Crippen molar-refractivity contribution in [3.63, 3.8) is 0 Å². The quantitative estimate of drug-likeness (QED) is 0.751. The van der Waals surface area contributed by atoms with E-state index in [0.717, 1.165) is 5.56 Å². The molecule has 2 aromatic carbocycles. The molecule has 0 aliphatic heterocycles. The van der Waals surface area contributed by atoms with E-state index in [9.17, 15) is 9.18 Å². The van der Waals surface area contributed by atoms with Crippen molar-refractivity contribution in [2.24, 2.45) is 0 Å². The average molecular weight is 345 g/mol. The van der Waals surface area contributed by atoms with Gasteiger partial charge in [-0.1, -0.05) is 22.8 Å². The Labute approximate surface area is 143 Å². The van der Waals surface area contributed by atoms with Crippen molar-refractivity contribution in [3.8, 4) is 11.3 Å². The molecule has 1 heterocycles. The topological polar surface area (TPSA) is 55.1 Å². The fourth-order valence-corrected chi connectivity index (χ4v) is 2.31. The highest BCUT2D eigenvalue weighted by Gasteiger charge is 2.11. The first kappa shape index (κ1) is 16.2. The van der Waals surface area contributed by atoms with Crippen LogP contribution in [0.25, 0.3) is 11.3 Å². The standard InChI is InChI=1S/C18H14ClFN2O2/c1-11-2-7-14(8-16(11)20)21-18(23)10-15-9-17(24-22-15)12-3-5-13(19)6-4-12/h2-9H,10H2,1H3,(H,21,23). The highest BCUT2D eigenvalue weighted by Crippen LogP contribution is 2.22. The van der Waals surface area contributed by atoms with E-state index in [4.69, 9.17) is 16.1 Å². The normalized spacial score (nSPS) is 10.6. The van der Waals surface area contributed by atoms with Gasteiger partial charge in [0.25, 0.3) is 0 Å².